The zero-order valence-corrected chi connectivity index (χ0v) is 9.91. The molecule has 2 aromatic rings. The first kappa shape index (κ1) is 12.1. The highest BCUT2D eigenvalue weighted by atomic mass is 16.1. The number of nitrogens with one attached hydrogen (secondary N) is 1. The van der Waals surface area contributed by atoms with E-state index in [1.807, 2.05) is 10.8 Å². The fourth-order valence-electron chi connectivity index (χ4n) is 1.59. The normalized spacial score (nSPS) is 10.2. The number of imidazole rings is 1. The molecule has 6 heteroatoms. The molecule has 0 aliphatic heterocycles. The van der Waals surface area contributed by atoms with Crippen LogP contribution in [0, 0.1) is 0 Å². The summed E-state index contributed by atoms with van der Waals surface area (Å²) in [6.45, 7) is 1.41. The van der Waals surface area contributed by atoms with Gasteiger partial charge in [-0.2, -0.15) is 0 Å². The van der Waals surface area contributed by atoms with Gasteiger partial charge in [-0.05, 0) is 18.6 Å². The van der Waals surface area contributed by atoms with Gasteiger partial charge >= 0.3 is 0 Å². The zero-order valence-electron chi connectivity index (χ0n) is 9.91. The molecule has 0 bridgehead atoms. The van der Waals surface area contributed by atoms with Crippen molar-refractivity contribution in [1.29, 1.82) is 0 Å². The number of amides is 1. The molecular formula is C12H15N5O. The average Bonchev–Trinajstić information content (AvgIpc) is 2.88. The minimum atomic E-state index is -0.189. The third-order valence-corrected chi connectivity index (χ3v) is 2.52. The van der Waals surface area contributed by atoms with Crippen LogP contribution in [0.3, 0.4) is 0 Å². The van der Waals surface area contributed by atoms with Gasteiger partial charge in [0.2, 0.25) is 0 Å². The lowest BCUT2D eigenvalue weighted by Gasteiger charge is -2.06. The van der Waals surface area contributed by atoms with Crippen LogP contribution in [0.5, 0.6) is 0 Å². The molecule has 2 heterocycles. The maximum absolute atomic E-state index is 11.8. The Hall–Kier alpha value is -2.37. The van der Waals surface area contributed by atoms with Gasteiger partial charge in [-0.1, -0.05) is 0 Å². The molecule has 1 amide bonds. The summed E-state index contributed by atoms with van der Waals surface area (Å²) in [5, 5.41) is 2.81. The lowest BCUT2D eigenvalue weighted by molar-refractivity contribution is 0.0953. The van der Waals surface area contributed by atoms with E-state index in [9.17, 15) is 4.79 Å². The second kappa shape index (κ2) is 5.81. The largest absolute Gasteiger partial charge is 0.383 e. The molecule has 2 aromatic heterocycles. The van der Waals surface area contributed by atoms with Crippen LogP contribution in [-0.4, -0.2) is 27.0 Å². The van der Waals surface area contributed by atoms with Crippen LogP contribution in [0.4, 0.5) is 5.82 Å². The van der Waals surface area contributed by atoms with E-state index in [1.165, 1.54) is 0 Å². The second-order valence-corrected chi connectivity index (χ2v) is 3.85. The number of aryl methyl sites for hydroxylation is 1. The van der Waals surface area contributed by atoms with E-state index in [-0.39, 0.29) is 11.7 Å². The monoisotopic (exact) mass is 245 g/mol. The Morgan fingerprint density at radius 1 is 1.44 bits per heavy atom. The third-order valence-electron chi connectivity index (χ3n) is 2.52. The predicted octanol–water partition coefficient (Wildman–Crippen LogP) is 0.680. The number of nitrogen functional groups attached to an aromatic ring is 1. The van der Waals surface area contributed by atoms with Crippen molar-refractivity contribution in [1.82, 2.24) is 19.9 Å². The molecule has 2 rings (SSSR count). The first-order valence-corrected chi connectivity index (χ1v) is 5.72. The van der Waals surface area contributed by atoms with Crippen molar-refractivity contribution in [2.45, 2.75) is 13.0 Å². The first-order valence-electron chi connectivity index (χ1n) is 5.72. The van der Waals surface area contributed by atoms with Crippen molar-refractivity contribution < 1.29 is 4.79 Å². The van der Waals surface area contributed by atoms with E-state index < -0.39 is 0 Å². The van der Waals surface area contributed by atoms with Crippen molar-refractivity contribution in [3.8, 4) is 0 Å². The Balaban J connectivity index is 1.77. The molecule has 0 aliphatic carbocycles. The number of hydrogen-bond donors (Lipinski definition) is 2. The van der Waals surface area contributed by atoms with Crippen molar-refractivity contribution >= 4 is 11.7 Å². The minimum absolute atomic E-state index is 0.189. The van der Waals surface area contributed by atoms with Gasteiger partial charge in [0.1, 0.15) is 5.82 Å². The van der Waals surface area contributed by atoms with E-state index in [0.717, 1.165) is 13.0 Å². The van der Waals surface area contributed by atoms with Crippen molar-refractivity contribution in [3.63, 3.8) is 0 Å². The lowest BCUT2D eigenvalue weighted by atomic mass is 10.2. The molecule has 0 atom stereocenters. The highest BCUT2D eigenvalue weighted by Gasteiger charge is 2.08. The third kappa shape index (κ3) is 3.07. The molecule has 0 unspecified atom stereocenters. The fraction of sp³-hybridized carbons (Fsp3) is 0.250. The van der Waals surface area contributed by atoms with Crippen LogP contribution in [-0.2, 0) is 6.54 Å². The first-order chi connectivity index (χ1) is 8.77. The highest BCUT2D eigenvalue weighted by Crippen LogP contribution is 2.05. The van der Waals surface area contributed by atoms with Gasteiger partial charge in [-0.3, -0.25) is 4.79 Å². The number of aromatic nitrogens is 3. The Labute approximate surface area is 105 Å². The quantitative estimate of drug-likeness (QED) is 0.758. The molecule has 0 aliphatic rings. The van der Waals surface area contributed by atoms with Gasteiger partial charge in [0.25, 0.3) is 5.91 Å². The number of carbonyl (C=O) groups excluding carboxylic acids is 1. The van der Waals surface area contributed by atoms with Crippen LogP contribution < -0.4 is 11.1 Å². The number of hydrogen-bond acceptors (Lipinski definition) is 4. The van der Waals surface area contributed by atoms with E-state index in [2.05, 4.69) is 15.3 Å². The second-order valence-electron chi connectivity index (χ2n) is 3.85. The maximum Gasteiger partial charge on any atom is 0.255 e. The van der Waals surface area contributed by atoms with Gasteiger partial charge in [0.05, 0.1) is 11.9 Å². The molecule has 0 saturated heterocycles. The predicted molar refractivity (Wildman–Crippen MR) is 67.8 cm³/mol. The van der Waals surface area contributed by atoms with Gasteiger partial charge in [-0.15, -0.1) is 0 Å². The summed E-state index contributed by atoms with van der Waals surface area (Å²) in [5.74, 6) is 0.0656. The van der Waals surface area contributed by atoms with Crippen molar-refractivity contribution in [3.05, 3.63) is 42.6 Å². The van der Waals surface area contributed by atoms with Gasteiger partial charge in [-0.25, -0.2) is 9.97 Å². The Kier molecular flexibility index (Phi) is 3.90. The molecule has 18 heavy (non-hydrogen) atoms. The number of rotatable bonds is 5. The molecule has 0 fully saturated rings. The number of nitrogens with two attached hydrogens (primary N) is 1. The van der Waals surface area contributed by atoms with E-state index >= 15 is 0 Å². The maximum atomic E-state index is 11.8. The van der Waals surface area contributed by atoms with Crippen LogP contribution in [0.2, 0.25) is 0 Å². The number of nitrogens with zero attached hydrogens (tertiary/aromatic N) is 3. The summed E-state index contributed by atoms with van der Waals surface area (Å²) in [5.41, 5.74) is 6.04. The Morgan fingerprint density at radius 2 is 2.33 bits per heavy atom. The van der Waals surface area contributed by atoms with Crippen LogP contribution in [0.25, 0.3) is 0 Å². The van der Waals surface area contributed by atoms with E-state index in [1.54, 1.807) is 30.9 Å². The number of anilines is 1. The summed E-state index contributed by atoms with van der Waals surface area (Å²) < 4.78 is 1.96. The zero-order chi connectivity index (χ0) is 12.8. The molecule has 0 spiro atoms. The van der Waals surface area contributed by atoms with Gasteiger partial charge in [0.15, 0.2) is 0 Å². The van der Waals surface area contributed by atoms with E-state index in [4.69, 9.17) is 5.73 Å². The number of carbonyl (C=O) groups is 1. The molecule has 6 nitrogen and oxygen atoms in total. The summed E-state index contributed by atoms with van der Waals surface area (Å²) in [6, 6.07) is 3.35. The van der Waals surface area contributed by atoms with Crippen LogP contribution in [0.15, 0.2) is 37.1 Å². The molecule has 0 aromatic carbocycles. The molecular weight excluding hydrogens is 230 g/mol. The van der Waals surface area contributed by atoms with Crippen molar-refractivity contribution in [2.24, 2.45) is 0 Å². The van der Waals surface area contributed by atoms with Gasteiger partial charge in [0, 0.05) is 31.7 Å². The summed E-state index contributed by atoms with van der Waals surface area (Å²) in [4.78, 5) is 19.6. The van der Waals surface area contributed by atoms with Crippen LogP contribution >= 0.6 is 0 Å². The molecule has 94 valence electrons. The lowest BCUT2D eigenvalue weighted by Crippen LogP contribution is -2.26. The standard InChI is InChI=1S/C12H15N5O/c13-11-10(3-1-4-15-11)12(18)16-5-2-7-17-8-6-14-9-17/h1,3-4,6,8-9H,2,5,7H2,(H2,13,15)(H,16,18). The summed E-state index contributed by atoms with van der Waals surface area (Å²) >= 11 is 0. The van der Waals surface area contributed by atoms with Gasteiger partial charge < -0.3 is 15.6 Å². The Bertz CT molecular complexity index is 509. The average molecular weight is 245 g/mol. The topological polar surface area (TPSA) is 85.8 Å². The van der Waals surface area contributed by atoms with E-state index in [0.29, 0.717) is 12.1 Å². The fourth-order valence-corrected chi connectivity index (χ4v) is 1.59. The van der Waals surface area contributed by atoms with Crippen LogP contribution in [0.1, 0.15) is 16.8 Å². The molecule has 0 saturated carbocycles. The van der Waals surface area contributed by atoms with Crippen molar-refractivity contribution in [2.75, 3.05) is 12.3 Å². The molecule has 3 N–H and O–H groups in total. The Morgan fingerprint density at radius 3 is 3.06 bits per heavy atom. The molecule has 0 radical (unpaired) electrons. The number of pyridine rings is 1. The smallest absolute Gasteiger partial charge is 0.255 e. The minimum Gasteiger partial charge on any atom is -0.383 e. The summed E-state index contributed by atoms with van der Waals surface area (Å²) in [6.07, 6.45) is 7.77. The SMILES string of the molecule is Nc1ncccc1C(=O)NCCCn1ccnc1. The highest BCUT2D eigenvalue weighted by molar-refractivity contribution is 5.98. The summed E-state index contributed by atoms with van der Waals surface area (Å²) in [7, 11) is 0.